The molecule has 3 rings (SSSR count). The van der Waals surface area contributed by atoms with E-state index in [1.807, 2.05) is 6.07 Å². The van der Waals surface area contributed by atoms with Crippen molar-refractivity contribution in [3.63, 3.8) is 0 Å². The molecule has 2 aromatic heterocycles. The van der Waals surface area contributed by atoms with Crippen LogP contribution >= 0.6 is 11.6 Å². The van der Waals surface area contributed by atoms with Crippen LogP contribution in [0.4, 0.5) is 18.9 Å². The van der Waals surface area contributed by atoms with Gasteiger partial charge in [-0.25, -0.2) is 4.98 Å². The summed E-state index contributed by atoms with van der Waals surface area (Å²) in [5.74, 6) is -0.894. The summed E-state index contributed by atoms with van der Waals surface area (Å²) in [6.07, 6.45) is -2.10. The van der Waals surface area contributed by atoms with Crippen molar-refractivity contribution in [2.45, 2.75) is 25.1 Å². The van der Waals surface area contributed by atoms with E-state index in [4.69, 9.17) is 11.6 Å². The fourth-order valence-electron chi connectivity index (χ4n) is 2.72. The van der Waals surface area contributed by atoms with Crippen LogP contribution in [0.5, 0.6) is 0 Å². The highest BCUT2D eigenvalue weighted by molar-refractivity contribution is 6.34. The van der Waals surface area contributed by atoms with Gasteiger partial charge in [0.2, 0.25) is 5.91 Å². The Hall–Kier alpha value is -1.96. The Kier molecular flexibility index (Phi) is 4.09. The maximum absolute atomic E-state index is 12.3. The molecule has 0 saturated carbocycles. The average molecular weight is 347 g/mol. The molecular weight excluding hydrogens is 333 g/mol. The van der Waals surface area contributed by atoms with Crippen LogP contribution in [0.1, 0.15) is 12.8 Å². The van der Waals surface area contributed by atoms with Gasteiger partial charge in [0.15, 0.2) is 0 Å². The second kappa shape index (κ2) is 5.92. The zero-order valence-electron chi connectivity index (χ0n) is 12.0. The van der Waals surface area contributed by atoms with E-state index in [0.717, 1.165) is 5.39 Å². The summed E-state index contributed by atoms with van der Waals surface area (Å²) >= 11 is 6.16. The largest absolute Gasteiger partial charge is 0.397 e. The minimum absolute atomic E-state index is 0.148. The van der Waals surface area contributed by atoms with E-state index in [1.54, 1.807) is 6.20 Å². The number of nitrogens with one attached hydrogen (secondary N) is 2. The third kappa shape index (κ3) is 3.52. The highest BCUT2D eigenvalue weighted by Gasteiger charge is 2.36. The molecule has 1 aliphatic rings. The third-order valence-electron chi connectivity index (χ3n) is 3.78. The van der Waals surface area contributed by atoms with Crippen LogP contribution in [0.25, 0.3) is 11.0 Å². The fraction of sp³-hybridized carbons (Fsp3) is 0.429. The highest BCUT2D eigenvalue weighted by atomic mass is 35.5. The first-order chi connectivity index (χ1) is 10.8. The minimum atomic E-state index is -4.48. The third-order valence-corrected chi connectivity index (χ3v) is 4.07. The summed E-state index contributed by atoms with van der Waals surface area (Å²) in [4.78, 5) is 20.0. The van der Waals surface area contributed by atoms with E-state index in [1.165, 1.54) is 11.1 Å². The van der Waals surface area contributed by atoms with Gasteiger partial charge in [0.05, 0.1) is 16.9 Å². The first kappa shape index (κ1) is 15.9. The summed E-state index contributed by atoms with van der Waals surface area (Å²) in [6.45, 7) is 0.519. The molecule has 0 spiro atoms. The van der Waals surface area contributed by atoms with Crippen LogP contribution in [0.2, 0.25) is 5.02 Å². The molecule has 2 N–H and O–H groups in total. The van der Waals surface area contributed by atoms with Crippen LogP contribution < -0.4 is 5.32 Å². The van der Waals surface area contributed by atoms with Crippen molar-refractivity contribution in [3.8, 4) is 0 Å². The number of amides is 1. The molecule has 124 valence electrons. The molecule has 3 heterocycles. The van der Waals surface area contributed by atoms with E-state index in [0.29, 0.717) is 29.3 Å². The number of aromatic amines is 1. The molecule has 0 aromatic carbocycles. The molecule has 1 amide bonds. The van der Waals surface area contributed by atoms with E-state index < -0.39 is 18.5 Å². The Balaban J connectivity index is 1.69. The Morgan fingerprint density at radius 2 is 2.30 bits per heavy atom. The predicted octanol–water partition coefficient (Wildman–Crippen LogP) is 3.18. The first-order valence-electron chi connectivity index (χ1n) is 7.06. The van der Waals surface area contributed by atoms with Gasteiger partial charge in [0.1, 0.15) is 12.1 Å². The van der Waals surface area contributed by atoms with Gasteiger partial charge in [0, 0.05) is 30.7 Å². The van der Waals surface area contributed by atoms with Crippen molar-refractivity contribution < 1.29 is 18.0 Å². The standard InChI is InChI=1S/C14H14ClF3N4O/c15-10-6-20-13-9(1-3-19-13)12(10)21-8-2-4-22(7-8)11(23)5-14(16,17)18/h1,3,6,8H,2,4-5,7H2,(H2,19,20,21)/t8-/m0/s1. The number of anilines is 1. The molecule has 0 unspecified atom stereocenters. The van der Waals surface area contributed by atoms with Crippen molar-refractivity contribution in [2.75, 3.05) is 18.4 Å². The maximum atomic E-state index is 12.3. The van der Waals surface area contributed by atoms with Gasteiger partial charge >= 0.3 is 6.18 Å². The van der Waals surface area contributed by atoms with Crippen LogP contribution in [-0.2, 0) is 4.79 Å². The van der Waals surface area contributed by atoms with E-state index in [2.05, 4.69) is 15.3 Å². The first-order valence-corrected chi connectivity index (χ1v) is 7.44. The Labute approximate surface area is 134 Å². The number of pyridine rings is 1. The number of rotatable bonds is 3. The molecule has 2 aromatic rings. The summed E-state index contributed by atoms with van der Waals surface area (Å²) in [7, 11) is 0. The molecular formula is C14H14ClF3N4O. The molecule has 0 bridgehead atoms. The zero-order valence-corrected chi connectivity index (χ0v) is 12.7. The molecule has 1 fully saturated rings. The smallest absolute Gasteiger partial charge is 0.379 e. The molecule has 1 saturated heterocycles. The molecule has 1 atom stereocenters. The lowest BCUT2D eigenvalue weighted by Crippen LogP contribution is -2.34. The van der Waals surface area contributed by atoms with Crippen molar-refractivity contribution >= 4 is 34.2 Å². The van der Waals surface area contributed by atoms with Crippen LogP contribution in [0.3, 0.4) is 0 Å². The summed E-state index contributed by atoms with van der Waals surface area (Å²) < 4.78 is 36.9. The van der Waals surface area contributed by atoms with Crippen LogP contribution in [0, 0.1) is 0 Å². The molecule has 5 nitrogen and oxygen atoms in total. The fourth-order valence-corrected chi connectivity index (χ4v) is 2.93. The Bertz CT molecular complexity index is 730. The zero-order chi connectivity index (χ0) is 16.6. The normalized spacial score (nSPS) is 18.6. The number of carbonyl (C=O) groups excluding carboxylic acids is 1. The highest BCUT2D eigenvalue weighted by Crippen LogP contribution is 2.31. The second-order valence-electron chi connectivity index (χ2n) is 5.48. The quantitative estimate of drug-likeness (QED) is 0.897. The van der Waals surface area contributed by atoms with E-state index in [9.17, 15) is 18.0 Å². The van der Waals surface area contributed by atoms with Gasteiger partial charge < -0.3 is 15.2 Å². The van der Waals surface area contributed by atoms with Gasteiger partial charge in [-0.2, -0.15) is 13.2 Å². The summed E-state index contributed by atoms with van der Waals surface area (Å²) in [6, 6.07) is 1.67. The van der Waals surface area contributed by atoms with Gasteiger partial charge in [-0.3, -0.25) is 4.79 Å². The number of fused-ring (bicyclic) bond motifs is 1. The van der Waals surface area contributed by atoms with E-state index >= 15 is 0 Å². The molecule has 23 heavy (non-hydrogen) atoms. The number of likely N-dealkylation sites (tertiary alicyclic amines) is 1. The topological polar surface area (TPSA) is 61.0 Å². The van der Waals surface area contributed by atoms with Crippen molar-refractivity contribution in [2.24, 2.45) is 0 Å². The van der Waals surface area contributed by atoms with Gasteiger partial charge in [-0.1, -0.05) is 11.6 Å². The monoisotopic (exact) mass is 346 g/mol. The summed E-state index contributed by atoms with van der Waals surface area (Å²) in [5.41, 5.74) is 1.34. The number of carbonyl (C=O) groups is 1. The number of hydrogen-bond donors (Lipinski definition) is 2. The number of H-pyrrole nitrogens is 1. The molecule has 0 aliphatic carbocycles. The van der Waals surface area contributed by atoms with E-state index in [-0.39, 0.29) is 12.6 Å². The lowest BCUT2D eigenvalue weighted by molar-refractivity contribution is -0.160. The molecule has 1 aliphatic heterocycles. The lowest BCUT2D eigenvalue weighted by atomic mass is 10.2. The lowest BCUT2D eigenvalue weighted by Gasteiger charge is -2.19. The Morgan fingerprint density at radius 1 is 1.52 bits per heavy atom. The summed E-state index contributed by atoms with van der Waals surface area (Å²) in [5, 5.41) is 4.45. The van der Waals surface area contributed by atoms with Crippen molar-refractivity contribution in [1.29, 1.82) is 0 Å². The number of aromatic nitrogens is 2. The van der Waals surface area contributed by atoms with Crippen molar-refractivity contribution in [3.05, 3.63) is 23.5 Å². The Morgan fingerprint density at radius 3 is 3.04 bits per heavy atom. The predicted molar refractivity (Wildman–Crippen MR) is 80.4 cm³/mol. The minimum Gasteiger partial charge on any atom is -0.379 e. The average Bonchev–Trinajstić information content (AvgIpc) is 3.09. The number of halogens is 4. The SMILES string of the molecule is O=C(CC(F)(F)F)N1CC[C@H](Nc2c(Cl)cnc3[nH]ccc23)C1. The maximum Gasteiger partial charge on any atom is 0.397 e. The molecule has 9 heteroatoms. The number of alkyl halides is 3. The van der Waals surface area contributed by atoms with Gasteiger partial charge in [-0.15, -0.1) is 0 Å². The number of hydrogen-bond acceptors (Lipinski definition) is 3. The number of nitrogens with zero attached hydrogens (tertiary/aromatic N) is 2. The van der Waals surface area contributed by atoms with Crippen LogP contribution in [-0.4, -0.2) is 46.1 Å². The van der Waals surface area contributed by atoms with Crippen LogP contribution in [0.15, 0.2) is 18.5 Å². The van der Waals surface area contributed by atoms with Crippen molar-refractivity contribution in [1.82, 2.24) is 14.9 Å². The second-order valence-corrected chi connectivity index (χ2v) is 5.89. The van der Waals surface area contributed by atoms with Gasteiger partial charge in [-0.05, 0) is 12.5 Å². The van der Waals surface area contributed by atoms with Gasteiger partial charge in [0.25, 0.3) is 0 Å². The molecule has 0 radical (unpaired) electrons.